The van der Waals surface area contributed by atoms with Crippen LogP contribution in [-0.2, 0) is 6.42 Å². The Morgan fingerprint density at radius 3 is 2.09 bits per heavy atom. The summed E-state index contributed by atoms with van der Waals surface area (Å²) in [6, 6.07) is 29.0. The van der Waals surface area contributed by atoms with E-state index in [1.807, 2.05) is 104 Å². The third-order valence-electron chi connectivity index (χ3n) is 7.82. The van der Waals surface area contributed by atoms with Gasteiger partial charge in [-0.1, -0.05) is 42.5 Å². The lowest BCUT2D eigenvalue weighted by atomic mass is 10.0. The highest BCUT2D eigenvalue weighted by Crippen LogP contribution is 2.29. The molecule has 10 heteroatoms. The third kappa shape index (κ3) is 9.53. The molecule has 1 aliphatic heterocycles. The van der Waals surface area contributed by atoms with Gasteiger partial charge in [-0.05, 0) is 85.5 Å². The van der Waals surface area contributed by atoms with Crippen LogP contribution in [0.5, 0.6) is 0 Å². The summed E-state index contributed by atoms with van der Waals surface area (Å²) in [6.45, 7) is 5.97. The standard InChI is InChI=1S/C18H21N3OS.C18H23N3OS/c19-15(12-23)11-20-16-6-3-5-14(10-16)18(22)21-9-8-13-4-1-2-7-17(13)21;1-12-5-3-8-17(13(12)2)18(22)21-16-7-4-6-15(9-16)20-10-14(19)11-23/h1-7,10,15,20,23H,8-9,11-12,19H2;3-9,14,20,23H,10-11,19H2,1-2H3,(H,21,22)/t15-;14-/m11/s1. The monoisotopic (exact) mass is 656 g/mol. The second-order valence-electron chi connectivity index (χ2n) is 11.3. The van der Waals surface area contributed by atoms with Gasteiger partial charge in [-0.15, -0.1) is 0 Å². The Balaban J connectivity index is 0.000000209. The number of anilines is 4. The predicted molar refractivity (Wildman–Crippen MR) is 199 cm³/mol. The van der Waals surface area contributed by atoms with Crippen molar-refractivity contribution in [3.63, 3.8) is 0 Å². The van der Waals surface area contributed by atoms with Crippen LogP contribution in [-0.4, -0.2) is 55.0 Å². The maximum absolute atomic E-state index is 12.8. The van der Waals surface area contributed by atoms with E-state index in [-0.39, 0.29) is 23.9 Å². The van der Waals surface area contributed by atoms with Gasteiger partial charge in [0.1, 0.15) is 0 Å². The van der Waals surface area contributed by atoms with Crippen molar-refractivity contribution in [3.8, 4) is 0 Å². The summed E-state index contributed by atoms with van der Waals surface area (Å²) in [5.74, 6) is 1.18. The van der Waals surface area contributed by atoms with Gasteiger partial charge in [-0.25, -0.2) is 0 Å². The molecule has 8 nitrogen and oxygen atoms in total. The molecule has 0 saturated carbocycles. The van der Waals surface area contributed by atoms with Crippen molar-refractivity contribution in [1.82, 2.24) is 0 Å². The number of amides is 2. The molecule has 5 rings (SSSR count). The van der Waals surface area contributed by atoms with E-state index >= 15 is 0 Å². The molecule has 0 bridgehead atoms. The zero-order valence-electron chi connectivity index (χ0n) is 26.4. The molecule has 0 spiro atoms. The second kappa shape index (κ2) is 17.1. The molecule has 1 aliphatic rings. The fraction of sp³-hybridized carbons (Fsp3) is 0.278. The average Bonchev–Trinajstić information content (AvgIpc) is 3.51. The van der Waals surface area contributed by atoms with Gasteiger partial charge in [0, 0.05) is 77.1 Å². The number of benzene rings is 4. The topological polar surface area (TPSA) is 126 Å². The minimum absolute atomic E-state index is 0.00785. The van der Waals surface area contributed by atoms with Crippen molar-refractivity contribution in [2.24, 2.45) is 11.5 Å². The maximum atomic E-state index is 12.8. The molecule has 7 N–H and O–H groups in total. The van der Waals surface area contributed by atoms with Gasteiger partial charge in [0.15, 0.2) is 0 Å². The van der Waals surface area contributed by atoms with Crippen LogP contribution in [0.1, 0.15) is 37.4 Å². The fourth-order valence-corrected chi connectivity index (χ4v) is 5.25. The number of thiol groups is 2. The lowest BCUT2D eigenvalue weighted by Crippen LogP contribution is -2.31. The van der Waals surface area contributed by atoms with Gasteiger partial charge in [-0.2, -0.15) is 25.3 Å². The molecule has 2 amide bonds. The van der Waals surface area contributed by atoms with Crippen LogP contribution in [0.3, 0.4) is 0 Å². The number of hydrogen-bond donors (Lipinski definition) is 7. The Kier molecular flexibility index (Phi) is 13.0. The van der Waals surface area contributed by atoms with Crippen molar-refractivity contribution in [2.75, 3.05) is 52.0 Å². The van der Waals surface area contributed by atoms with Crippen LogP contribution in [0.2, 0.25) is 0 Å². The molecular formula is C36H44N6O2S2. The molecule has 242 valence electrons. The van der Waals surface area contributed by atoms with Crippen LogP contribution in [0.15, 0.2) is 91.0 Å². The summed E-state index contributed by atoms with van der Waals surface area (Å²) in [5.41, 5.74) is 20.0. The van der Waals surface area contributed by atoms with Gasteiger partial charge in [0.2, 0.25) is 0 Å². The number of aryl methyl sites for hydroxylation is 1. The summed E-state index contributed by atoms with van der Waals surface area (Å²) < 4.78 is 0. The van der Waals surface area contributed by atoms with E-state index in [9.17, 15) is 9.59 Å². The van der Waals surface area contributed by atoms with Crippen molar-refractivity contribution >= 4 is 59.8 Å². The van der Waals surface area contributed by atoms with Crippen LogP contribution in [0.4, 0.5) is 22.7 Å². The summed E-state index contributed by atoms with van der Waals surface area (Å²) in [7, 11) is 0. The van der Waals surface area contributed by atoms with E-state index in [0.717, 1.165) is 46.8 Å². The molecule has 4 aromatic rings. The largest absolute Gasteiger partial charge is 0.383 e. The Morgan fingerprint density at radius 1 is 0.783 bits per heavy atom. The number of carbonyl (C=O) groups excluding carboxylic acids is 2. The van der Waals surface area contributed by atoms with Gasteiger partial charge < -0.3 is 32.3 Å². The van der Waals surface area contributed by atoms with Gasteiger partial charge in [0.05, 0.1) is 0 Å². The van der Waals surface area contributed by atoms with Crippen LogP contribution in [0.25, 0.3) is 0 Å². The number of carbonyl (C=O) groups is 2. The fourth-order valence-electron chi connectivity index (χ4n) is 5.00. The highest BCUT2D eigenvalue weighted by atomic mass is 32.1. The van der Waals surface area contributed by atoms with Crippen molar-refractivity contribution in [2.45, 2.75) is 32.4 Å². The van der Waals surface area contributed by atoms with E-state index in [2.05, 4.69) is 47.3 Å². The minimum atomic E-state index is -0.101. The maximum Gasteiger partial charge on any atom is 0.258 e. The zero-order chi connectivity index (χ0) is 33.1. The van der Waals surface area contributed by atoms with Crippen LogP contribution < -0.4 is 32.3 Å². The highest BCUT2D eigenvalue weighted by molar-refractivity contribution is 7.80. The predicted octanol–water partition coefficient (Wildman–Crippen LogP) is 5.78. The first-order valence-electron chi connectivity index (χ1n) is 15.4. The molecule has 46 heavy (non-hydrogen) atoms. The third-order valence-corrected chi connectivity index (χ3v) is 8.76. The molecule has 0 aliphatic carbocycles. The quantitative estimate of drug-likeness (QED) is 0.103. The first-order valence-corrected chi connectivity index (χ1v) is 16.6. The van der Waals surface area contributed by atoms with Crippen LogP contribution >= 0.6 is 25.3 Å². The Morgan fingerprint density at radius 2 is 1.39 bits per heavy atom. The Bertz CT molecular complexity index is 1630. The lowest BCUT2D eigenvalue weighted by Gasteiger charge is -2.18. The normalized spacial score (nSPS) is 13.1. The van der Waals surface area contributed by atoms with Gasteiger partial charge in [-0.3, -0.25) is 9.59 Å². The molecule has 0 fully saturated rings. The summed E-state index contributed by atoms with van der Waals surface area (Å²) in [4.78, 5) is 27.1. The van der Waals surface area contributed by atoms with E-state index < -0.39 is 0 Å². The lowest BCUT2D eigenvalue weighted by molar-refractivity contribution is 0.0987. The van der Waals surface area contributed by atoms with Crippen molar-refractivity contribution in [1.29, 1.82) is 0 Å². The van der Waals surface area contributed by atoms with Gasteiger partial charge >= 0.3 is 0 Å². The zero-order valence-corrected chi connectivity index (χ0v) is 28.2. The molecule has 0 radical (unpaired) electrons. The number of para-hydroxylation sites is 1. The van der Waals surface area contributed by atoms with E-state index in [0.29, 0.717) is 35.7 Å². The molecular weight excluding hydrogens is 613 g/mol. The SMILES string of the molecule is Cc1cccc(C(=O)Nc2cccc(NC[C@@H](N)CS)c2)c1C.N[C@@H](CS)CNc1cccc(C(=O)N2CCc3ccccc32)c1. The summed E-state index contributed by atoms with van der Waals surface area (Å²) >= 11 is 8.34. The first-order chi connectivity index (χ1) is 22.2. The van der Waals surface area contributed by atoms with Crippen molar-refractivity contribution in [3.05, 3.63) is 119 Å². The molecule has 0 aromatic heterocycles. The number of rotatable bonds is 11. The number of fused-ring (bicyclic) bond motifs is 1. The number of nitrogens with two attached hydrogens (primary N) is 2. The second-order valence-corrected chi connectivity index (χ2v) is 12.1. The van der Waals surface area contributed by atoms with Gasteiger partial charge in [0.25, 0.3) is 11.8 Å². The molecule has 0 unspecified atom stereocenters. The molecule has 2 atom stereocenters. The number of nitrogens with one attached hydrogen (secondary N) is 3. The number of nitrogens with zero attached hydrogens (tertiary/aromatic N) is 1. The Hall–Kier alpha value is -3.96. The molecule has 4 aromatic carbocycles. The number of hydrogen-bond acceptors (Lipinski definition) is 8. The smallest absolute Gasteiger partial charge is 0.258 e. The molecule has 0 saturated heterocycles. The van der Waals surface area contributed by atoms with E-state index in [1.54, 1.807) is 0 Å². The molecule has 1 heterocycles. The van der Waals surface area contributed by atoms with E-state index in [1.165, 1.54) is 5.56 Å². The minimum Gasteiger partial charge on any atom is -0.383 e. The van der Waals surface area contributed by atoms with Crippen LogP contribution in [0, 0.1) is 13.8 Å². The van der Waals surface area contributed by atoms with E-state index in [4.69, 9.17) is 11.5 Å². The summed E-state index contributed by atoms with van der Waals surface area (Å²) in [5, 5.41) is 9.44. The van der Waals surface area contributed by atoms with Crippen molar-refractivity contribution < 1.29 is 9.59 Å². The summed E-state index contributed by atoms with van der Waals surface area (Å²) in [6.07, 6.45) is 0.913. The highest BCUT2D eigenvalue weighted by Gasteiger charge is 2.25. The Labute approximate surface area is 283 Å². The first kappa shape index (κ1) is 34.9. The average molecular weight is 657 g/mol.